The number of carbonyl (C=O) groups excluding carboxylic acids is 1. The quantitative estimate of drug-likeness (QED) is 0.855. The summed E-state index contributed by atoms with van der Waals surface area (Å²) in [5.41, 5.74) is 1.03. The van der Waals surface area contributed by atoms with E-state index in [4.69, 9.17) is 4.42 Å². The molecule has 0 radical (unpaired) electrons. The zero-order chi connectivity index (χ0) is 12.4. The number of amides is 1. The Hall–Kier alpha value is -1.25. The summed E-state index contributed by atoms with van der Waals surface area (Å²) in [6, 6.07) is 2.12. The van der Waals surface area contributed by atoms with Crippen molar-refractivity contribution in [2.75, 3.05) is 0 Å². The fourth-order valence-corrected chi connectivity index (χ4v) is 2.46. The van der Waals surface area contributed by atoms with Gasteiger partial charge >= 0.3 is 0 Å². The number of hydrogen-bond donors (Lipinski definition) is 1. The first-order valence-corrected chi connectivity index (χ1v) is 6.46. The van der Waals surface area contributed by atoms with Crippen LogP contribution in [-0.4, -0.2) is 11.9 Å². The molecule has 1 fully saturated rings. The molecule has 1 heterocycles. The minimum absolute atomic E-state index is 0.0695. The highest BCUT2D eigenvalue weighted by molar-refractivity contribution is 5.92. The molecular formula is C14H21NO2. The van der Waals surface area contributed by atoms with Gasteiger partial charge in [-0.15, -0.1) is 0 Å². The third-order valence-electron chi connectivity index (χ3n) is 3.82. The molecule has 17 heavy (non-hydrogen) atoms. The fraction of sp³-hybridized carbons (Fsp3) is 0.643. The summed E-state index contributed by atoms with van der Waals surface area (Å²) in [6.07, 6.45) is 4.80. The minimum Gasteiger partial charge on any atom is -0.456 e. The molecule has 2 unspecified atom stereocenters. The Labute approximate surface area is 103 Å². The van der Waals surface area contributed by atoms with E-state index in [0.29, 0.717) is 17.7 Å². The lowest BCUT2D eigenvalue weighted by Gasteiger charge is -2.29. The number of carbonyl (C=O) groups is 1. The van der Waals surface area contributed by atoms with Crippen molar-refractivity contribution in [3.63, 3.8) is 0 Å². The third-order valence-corrected chi connectivity index (χ3v) is 3.82. The molecule has 1 aromatic heterocycles. The van der Waals surface area contributed by atoms with Crippen molar-refractivity contribution in [3.05, 3.63) is 23.2 Å². The summed E-state index contributed by atoms with van der Waals surface area (Å²) in [7, 11) is 0. The summed E-state index contributed by atoms with van der Waals surface area (Å²) in [6.45, 7) is 6.05. The van der Waals surface area contributed by atoms with Crippen molar-refractivity contribution in [3.8, 4) is 0 Å². The van der Waals surface area contributed by atoms with Crippen LogP contribution in [0, 0.1) is 19.8 Å². The Morgan fingerprint density at radius 2 is 2.06 bits per heavy atom. The van der Waals surface area contributed by atoms with Crippen molar-refractivity contribution >= 4 is 5.91 Å². The van der Waals surface area contributed by atoms with Crippen LogP contribution >= 0.6 is 0 Å². The topological polar surface area (TPSA) is 42.2 Å². The van der Waals surface area contributed by atoms with E-state index in [0.717, 1.165) is 17.7 Å². The summed E-state index contributed by atoms with van der Waals surface area (Å²) >= 11 is 0. The van der Waals surface area contributed by atoms with E-state index in [2.05, 4.69) is 12.2 Å². The van der Waals surface area contributed by atoms with Crippen LogP contribution in [-0.2, 0) is 0 Å². The molecule has 1 N–H and O–H groups in total. The van der Waals surface area contributed by atoms with E-state index in [9.17, 15) is 4.79 Å². The largest absolute Gasteiger partial charge is 0.456 e. The Balaban J connectivity index is 2.01. The summed E-state index contributed by atoms with van der Waals surface area (Å²) < 4.78 is 5.44. The molecule has 1 aromatic rings. The van der Waals surface area contributed by atoms with Crippen LogP contribution in [0.3, 0.4) is 0 Å². The number of rotatable bonds is 2. The van der Waals surface area contributed by atoms with Gasteiger partial charge in [-0.2, -0.15) is 0 Å². The van der Waals surface area contributed by atoms with E-state index in [1.165, 1.54) is 19.3 Å². The predicted octanol–water partition coefficient (Wildman–Crippen LogP) is 3.20. The second-order valence-corrected chi connectivity index (χ2v) is 5.19. The monoisotopic (exact) mass is 235 g/mol. The maximum atomic E-state index is 12.0. The lowest BCUT2D eigenvalue weighted by molar-refractivity contribution is 0.0880. The SMILES string of the molecule is Cc1cc(C(=O)NC2CCCCC2C)oc1C. The van der Waals surface area contributed by atoms with Crippen molar-refractivity contribution in [2.24, 2.45) is 5.92 Å². The minimum atomic E-state index is -0.0695. The summed E-state index contributed by atoms with van der Waals surface area (Å²) in [5.74, 6) is 1.77. The number of aryl methyl sites for hydroxylation is 2. The lowest BCUT2D eigenvalue weighted by atomic mass is 9.86. The van der Waals surface area contributed by atoms with Gasteiger partial charge in [0.25, 0.3) is 5.91 Å². The van der Waals surface area contributed by atoms with E-state index in [-0.39, 0.29) is 5.91 Å². The first-order chi connectivity index (χ1) is 8.08. The summed E-state index contributed by atoms with van der Waals surface area (Å²) in [4.78, 5) is 12.0. The highest BCUT2D eigenvalue weighted by Gasteiger charge is 2.24. The van der Waals surface area contributed by atoms with Gasteiger partial charge in [-0.25, -0.2) is 0 Å². The Morgan fingerprint density at radius 3 is 2.65 bits per heavy atom. The van der Waals surface area contributed by atoms with Crippen LogP contribution in [0.2, 0.25) is 0 Å². The third kappa shape index (κ3) is 2.71. The van der Waals surface area contributed by atoms with Crippen molar-refractivity contribution < 1.29 is 9.21 Å². The maximum Gasteiger partial charge on any atom is 0.287 e. The Bertz CT molecular complexity index is 389. The fourth-order valence-electron chi connectivity index (χ4n) is 2.46. The van der Waals surface area contributed by atoms with Crippen LogP contribution in [0.4, 0.5) is 0 Å². The maximum absolute atomic E-state index is 12.0. The first-order valence-electron chi connectivity index (χ1n) is 6.46. The molecule has 0 aromatic carbocycles. The Kier molecular flexibility index (Phi) is 3.55. The van der Waals surface area contributed by atoms with Crippen molar-refractivity contribution in [1.29, 1.82) is 0 Å². The molecule has 94 valence electrons. The molecule has 0 bridgehead atoms. The van der Waals surface area contributed by atoms with Crippen LogP contribution in [0.5, 0.6) is 0 Å². The number of nitrogens with one attached hydrogen (secondary N) is 1. The predicted molar refractivity (Wildman–Crippen MR) is 67.1 cm³/mol. The van der Waals surface area contributed by atoms with Gasteiger partial charge in [0.05, 0.1) is 0 Å². The zero-order valence-corrected chi connectivity index (χ0v) is 10.9. The number of hydrogen-bond acceptors (Lipinski definition) is 2. The lowest BCUT2D eigenvalue weighted by Crippen LogP contribution is -2.40. The van der Waals surface area contributed by atoms with Crippen LogP contribution in [0.15, 0.2) is 10.5 Å². The van der Waals surface area contributed by atoms with Crippen LogP contribution < -0.4 is 5.32 Å². The van der Waals surface area contributed by atoms with Crippen LogP contribution in [0.1, 0.15) is 54.5 Å². The van der Waals surface area contributed by atoms with Gasteiger partial charge in [-0.1, -0.05) is 19.8 Å². The molecule has 2 rings (SSSR count). The smallest absolute Gasteiger partial charge is 0.287 e. The molecule has 1 aliphatic rings. The normalized spacial score (nSPS) is 24.6. The molecule has 0 spiro atoms. The van der Waals surface area contributed by atoms with Gasteiger partial charge in [-0.3, -0.25) is 4.79 Å². The zero-order valence-electron chi connectivity index (χ0n) is 10.9. The van der Waals surface area contributed by atoms with Gasteiger partial charge in [0, 0.05) is 6.04 Å². The van der Waals surface area contributed by atoms with E-state index >= 15 is 0 Å². The number of furan rings is 1. The molecule has 1 aliphatic carbocycles. The standard InChI is InChI=1S/C14H21NO2/c1-9-6-4-5-7-12(9)15-14(16)13-8-10(2)11(3)17-13/h8-9,12H,4-7H2,1-3H3,(H,15,16). The van der Waals surface area contributed by atoms with Gasteiger partial charge < -0.3 is 9.73 Å². The second kappa shape index (κ2) is 4.94. The van der Waals surface area contributed by atoms with Gasteiger partial charge in [-0.05, 0) is 44.2 Å². The molecule has 2 atom stereocenters. The van der Waals surface area contributed by atoms with E-state index in [1.807, 2.05) is 19.9 Å². The molecule has 3 nitrogen and oxygen atoms in total. The highest BCUT2D eigenvalue weighted by Crippen LogP contribution is 2.24. The van der Waals surface area contributed by atoms with Crippen molar-refractivity contribution in [1.82, 2.24) is 5.32 Å². The molecule has 0 saturated heterocycles. The first kappa shape index (κ1) is 12.2. The van der Waals surface area contributed by atoms with E-state index in [1.54, 1.807) is 0 Å². The van der Waals surface area contributed by atoms with Gasteiger partial charge in [0.2, 0.25) is 0 Å². The average Bonchev–Trinajstić information content (AvgIpc) is 2.63. The molecule has 0 aliphatic heterocycles. The molecule has 1 amide bonds. The summed E-state index contributed by atoms with van der Waals surface area (Å²) in [5, 5.41) is 3.09. The van der Waals surface area contributed by atoms with Crippen molar-refractivity contribution in [2.45, 2.75) is 52.5 Å². The van der Waals surface area contributed by atoms with Gasteiger partial charge in [0.1, 0.15) is 5.76 Å². The van der Waals surface area contributed by atoms with Crippen LogP contribution in [0.25, 0.3) is 0 Å². The second-order valence-electron chi connectivity index (χ2n) is 5.19. The van der Waals surface area contributed by atoms with E-state index < -0.39 is 0 Å². The molecular weight excluding hydrogens is 214 g/mol. The Morgan fingerprint density at radius 1 is 1.35 bits per heavy atom. The highest BCUT2D eigenvalue weighted by atomic mass is 16.3. The molecule has 1 saturated carbocycles. The molecule has 3 heteroatoms. The van der Waals surface area contributed by atoms with Gasteiger partial charge in [0.15, 0.2) is 5.76 Å². The average molecular weight is 235 g/mol.